The Morgan fingerprint density at radius 1 is 1.32 bits per heavy atom. The first-order valence-corrected chi connectivity index (χ1v) is 7.71. The summed E-state index contributed by atoms with van der Waals surface area (Å²) in [5, 5.41) is 20.6. The van der Waals surface area contributed by atoms with Crippen LogP contribution in [0.4, 0.5) is 0 Å². The predicted molar refractivity (Wildman–Crippen MR) is 77.6 cm³/mol. The van der Waals surface area contributed by atoms with Crippen molar-refractivity contribution in [3.63, 3.8) is 0 Å². The molecular formula is C17H19AgNO3. The van der Waals surface area contributed by atoms with Crippen LogP contribution in [0.1, 0.15) is 17.5 Å². The van der Waals surface area contributed by atoms with E-state index < -0.39 is 6.10 Å². The van der Waals surface area contributed by atoms with Gasteiger partial charge in [-0.15, -0.1) is 0 Å². The Balaban J connectivity index is 0.00000125. The van der Waals surface area contributed by atoms with E-state index in [-0.39, 0.29) is 39.6 Å². The number of rotatable bonds is 0. The summed E-state index contributed by atoms with van der Waals surface area (Å²) in [6, 6.07) is 4.23. The van der Waals surface area contributed by atoms with E-state index in [1.807, 2.05) is 12.1 Å². The fourth-order valence-corrected chi connectivity index (χ4v) is 5.24. The number of phenolic OH excluding ortho intramolecular Hbond substituents is 1. The van der Waals surface area contributed by atoms with Crippen molar-refractivity contribution in [3.05, 3.63) is 35.4 Å². The van der Waals surface area contributed by atoms with Crippen LogP contribution >= 0.6 is 0 Å². The van der Waals surface area contributed by atoms with Gasteiger partial charge in [0.25, 0.3) is 0 Å². The van der Waals surface area contributed by atoms with Crippen molar-refractivity contribution in [2.45, 2.75) is 36.5 Å². The molecule has 22 heavy (non-hydrogen) atoms. The van der Waals surface area contributed by atoms with Gasteiger partial charge < -0.3 is 19.8 Å². The molecule has 2 bridgehead atoms. The molecule has 1 spiro atoms. The Morgan fingerprint density at radius 3 is 2.95 bits per heavy atom. The first-order chi connectivity index (χ1) is 10.1. The van der Waals surface area contributed by atoms with Gasteiger partial charge in [-0.1, -0.05) is 18.2 Å². The van der Waals surface area contributed by atoms with Crippen LogP contribution < -0.4 is 4.74 Å². The van der Waals surface area contributed by atoms with Crippen molar-refractivity contribution < 1.29 is 37.3 Å². The van der Waals surface area contributed by atoms with E-state index in [1.165, 1.54) is 11.1 Å². The molecule has 0 unspecified atom stereocenters. The fourth-order valence-electron chi connectivity index (χ4n) is 5.24. The molecule has 121 valence electrons. The zero-order valence-corrected chi connectivity index (χ0v) is 13.8. The van der Waals surface area contributed by atoms with Crippen LogP contribution in [-0.2, 0) is 34.2 Å². The Kier molecular flexibility index (Phi) is 3.10. The number of ether oxygens (including phenoxy) is 1. The van der Waals surface area contributed by atoms with Crippen LogP contribution in [-0.4, -0.2) is 47.0 Å². The minimum absolute atomic E-state index is 0. The molecule has 2 heterocycles. The number of nitrogens with zero attached hydrogens (tertiary/aromatic N) is 1. The summed E-state index contributed by atoms with van der Waals surface area (Å²) in [6.45, 7) is 1.01. The van der Waals surface area contributed by atoms with Crippen LogP contribution in [0.25, 0.3) is 0 Å². The van der Waals surface area contributed by atoms with Gasteiger partial charge in [0.2, 0.25) is 0 Å². The number of aliphatic hydroxyl groups is 1. The van der Waals surface area contributed by atoms with Crippen LogP contribution in [0.15, 0.2) is 24.3 Å². The van der Waals surface area contributed by atoms with E-state index in [4.69, 9.17) is 4.74 Å². The molecule has 4 aliphatic rings. The molecule has 0 saturated carbocycles. The maximum atomic E-state index is 10.4. The van der Waals surface area contributed by atoms with Crippen molar-refractivity contribution in [1.82, 2.24) is 4.90 Å². The first-order valence-electron chi connectivity index (χ1n) is 7.71. The van der Waals surface area contributed by atoms with Crippen LogP contribution in [0.3, 0.4) is 0 Å². The molecule has 2 aliphatic carbocycles. The number of phenols is 1. The number of benzene rings is 1. The molecule has 5 heteroatoms. The van der Waals surface area contributed by atoms with E-state index in [0.29, 0.717) is 17.7 Å². The number of hydrogen-bond donors (Lipinski definition) is 2. The van der Waals surface area contributed by atoms with Gasteiger partial charge in [0.1, 0.15) is 12.2 Å². The van der Waals surface area contributed by atoms with E-state index in [1.54, 1.807) is 6.07 Å². The Morgan fingerprint density at radius 2 is 2.14 bits per heavy atom. The molecule has 4 nitrogen and oxygen atoms in total. The van der Waals surface area contributed by atoms with Crippen LogP contribution in [0.2, 0.25) is 0 Å². The smallest absolute Gasteiger partial charge is 0.165 e. The summed E-state index contributed by atoms with van der Waals surface area (Å²) in [4.78, 5) is 2.43. The van der Waals surface area contributed by atoms with E-state index in [0.717, 1.165) is 19.4 Å². The second-order valence-corrected chi connectivity index (χ2v) is 6.93. The number of aromatic hydroxyl groups is 1. The van der Waals surface area contributed by atoms with E-state index in [9.17, 15) is 10.2 Å². The summed E-state index contributed by atoms with van der Waals surface area (Å²) < 4.78 is 6.09. The zero-order valence-electron chi connectivity index (χ0n) is 12.3. The van der Waals surface area contributed by atoms with Gasteiger partial charge in [-0.25, -0.2) is 0 Å². The predicted octanol–water partition coefficient (Wildman–Crippen LogP) is 1.20. The number of aliphatic hydroxyl groups excluding tert-OH is 1. The number of likely N-dealkylation sites (tertiary alicyclic amines) is 1. The Labute approximate surface area is 145 Å². The molecule has 2 N–H and O–H groups in total. The van der Waals surface area contributed by atoms with Gasteiger partial charge in [-0.2, -0.15) is 0 Å². The average Bonchev–Trinajstić information content (AvgIpc) is 2.83. The number of hydrogen-bond acceptors (Lipinski definition) is 4. The third-order valence-corrected chi connectivity index (χ3v) is 6.15. The van der Waals surface area contributed by atoms with Gasteiger partial charge in [0, 0.05) is 45.3 Å². The molecule has 0 amide bonds. The summed E-state index contributed by atoms with van der Waals surface area (Å²) >= 11 is 0. The second kappa shape index (κ2) is 4.62. The topological polar surface area (TPSA) is 52.9 Å². The van der Waals surface area contributed by atoms with Crippen molar-refractivity contribution >= 4 is 0 Å². The molecule has 1 fully saturated rings. The quantitative estimate of drug-likeness (QED) is 0.514. The van der Waals surface area contributed by atoms with Gasteiger partial charge in [-0.05, 0) is 38.1 Å². The molecule has 5 rings (SSSR count). The molecule has 1 aromatic rings. The number of piperidine rings is 1. The monoisotopic (exact) mass is 392 g/mol. The average molecular weight is 393 g/mol. The normalized spacial score (nSPS) is 40.6. The van der Waals surface area contributed by atoms with Crippen LogP contribution in [0, 0.1) is 5.92 Å². The van der Waals surface area contributed by atoms with Crippen LogP contribution in [0.5, 0.6) is 11.5 Å². The SMILES string of the molecule is CN1CC[C@]23c4c5ccc(O)c4O[C@H]2[C@@H](O)C=C[C@H]3[C@H]1C5.[Ag]. The largest absolute Gasteiger partial charge is 0.504 e. The third-order valence-electron chi connectivity index (χ3n) is 6.15. The standard InChI is InChI=1S/C17H19NO3.Ag/c1-18-7-6-17-10-3-5-13(20)16(17)21-15-12(19)4-2-9(14(15)17)8-11(10)18;/h2-5,10-11,13,16,19-20H,6-8H2,1H3;/t10-,11+,13-,16-,17-;/m0./s1. The van der Waals surface area contributed by atoms with E-state index >= 15 is 0 Å². The molecule has 5 atom stereocenters. The summed E-state index contributed by atoms with van der Waals surface area (Å²) in [6.07, 6.45) is 5.18. The summed E-state index contributed by atoms with van der Waals surface area (Å²) in [5.74, 6) is 1.19. The summed E-state index contributed by atoms with van der Waals surface area (Å²) in [5.41, 5.74) is 2.29. The Hall–Kier alpha value is -0.780. The zero-order chi connectivity index (χ0) is 14.4. The molecular weight excluding hydrogens is 374 g/mol. The molecule has 1 radical (unpaired) electrons. The molecule has 1 saturated heterocycles. The summed E-state index contributed by atoms with van der Waals surface area (Å²) in [7, 11) is 2.19. The first kappa shape index (κ1) is 14.8. The van der Waals surface area contributed by atoms with Gasteiger partial charge in [0.15, 0.2) is 11.5 Å². The van der Waals surface area contributed by atoms with Crippen molar-refractivity contribution in [2.75, 3.05) is 13.6 Å². The minimum Gasteiger partial charge on any atom is -0.504 e. The maximum absolute atomic E-state index is 10.4. The van der Waals surface area contributed by atoms with Crippen molar-refractivity contribution in [3.8, 4) is 11.5 Å². The van der Waals surface area contributed by atoms with Crippen molar-refractivity contribution in [1.29, 1.82) is 0 Å². The molecule has 2 aliphatic heterocycles. The van der Waals surface area contributed by atoms with Crippen molar-refractivity contribution in [2.24, 2.45) is 5.92 Å². The minimum atomic E-state index is -0.594. The van der Waals surface area contributed by atoms with Gasteiger partial charge in [-0.3, -0.25) is 0 Å². The van der Waals surface area contributed by atoms with E-state index in [2.05, 4.69) is 18.0 Å². The number of likely N-dealkylation sites (N-methyl/N-ethyl adjacent to an activating group) is 1. The third kappa shape index (κ3) is 1.50. The fraction of sp³-hybridized carbons (Fsp3) is 0.529. The Bertz CT molecular complexity index is 676. The van der Waals surface area contributed by atoms with Gasteiger partial charge >= 0.3 is 0 Å². The molecule has 0 aromatic heterocycles. The van der Waals surface area contributed by atoms with Gasteiger partial charge in [0.05, 0.1) is 0 Å². The second-order valence-electron chi connectivity index (χ2n) is 6.93. The molecule has 1 aromatic carbocycles. The maximum Gasteiger partial charge on any atom is 0.165 e.